The van der Waals surface area contributed by atoms with Gasteiger partial charge in [-0.2, -0.15) is 0 Å². The van der Waals surface area contributed by atoms with Gasteiger partial charge >= 0.3 is 0 Å². The van der Waals surface area contributed by atoms with Crippen LogP contribution < -0.4 is 0 Å². The lowest BCUT2D eigenvalue weighted by molar-refractivity contribution is 0.315. The molecule has 1 N–H and O–H groups in total. The number of hydrogen-bond donors (Lipinski definition) is 1. The third-order valence-corrected chi connectivity index (χ3v) is 5.35. The van der Waals surface area contributed by atoms with Crippen molar-refractivity contribution in [2.75, 3.05) is 0 Å². The van der Waals surface area contributed by atoms with E-state index < -0.39 is 0 Å². The maximum absolute atomic E-state index is 13.5. The van der Waals surface area contributed by atoms with E-state index >= 15 is 0 Å². The quantitative estimate of drug-likeness (QED) is 0.717. The second-order valence-electron chi connectivity index (χ2n) is 5.21. The highest BCUT2D eigenvalue weighted by Crippen LogP contribution is 2.51. The molecule has 3 heteroatoms. The van der Waals surface area contributed by atoms with E-state index in [2.05, 4.69) is 22.6 Å². The van der Waals surface area contributed by atoms with E-state index in [0.29, 0.717) is 8.99 Å². The molecule has 0 radical (unpaired) electrons. The van der Waals surface area contributed by atoms with Crippen molar-refractivity contribution in [2.45, 2.75) is 38.5 Å². The minimum atomic E-state index is -0.271. The largest absolute Gasteiger partial charge is 0.508 e. The Kier molecular flexibility index (Phi) is 2.42. The molecule has 2 aliphatic rings. The van der Waals surface area contributed by atoms with Crippen molar-refractivity contribution in [3.8, 4) is 5.75 Å². The molecule has 1 saturated carbocycles. The summed E-state index contributed by atoms with van der Waals surface area (Å²) in [6, 6.07) is 1.27. The predicted octanol–water partition coefficient (Wildman–Crippen LogP) is 3.79. The lowest BCUT2D eigenvalue weighted by Crippen LogP contribution is -2.15. The second kappa shape index (κ2) is 3.59. The van der Waals surface area contributed by atoms with Crippen molar-refractivity contribution >= 4 is 22.6 Å². The van der Waals surface area contributed by atoms with Crippen molar-refractivity contribution in [2.24, 2.45) is 5.41 Å². The summed E-state index contributed by atoms with van der Waals surface area (Å²) in [4.78, 5) is 0. The van der Waals surface area contributed by atoms with Crippen LogP contribution in [0.25, 0.3) is 0 Å². The monoisotopic (exact) mass is 332 g/mol. The zero-order valence-corrected chi connectivity index (χ0v) is 11.2. The van der Waals surface area contributed by atoms with Crippen LogP contribution in [-0.2, 0) is 12.8 Å². The third-order valence-electron chi connectivity index (χ3n) is 4.18. The van der Waals surface area contributed by atoms with Gasteiger partial charge in [-0.05, 0) is 64.8 Å². The van der Waals surface area contributed by atoms with Gasteiger partial charge < -0.3 is 5.11 Å². The van der Waals surface area contributed by atoms with E-state index in [-0.39, 0.29) is 11.6 Å². The molecule has 0 atom stereocenters. The lowest BCUT2D eigenvalue weighted by Gasteiger charge is -2.21. The smallest absolute Gasteiger partial charge is 0.140 e. The summed E-state index contributed by atoms with van der Waals surface area (Å²) >= 11 is 2.07. The maximum Gasteiger partial charge on any atom is 0.140 e. The molecule has 3 rings (SSSR count). The molecular weight excluding hydrogens is 318 g/mol. The van der Waals surface area contributed by atoms with Gasteiger partial charge in [-0.1, -0.05) is 12.8 Å². The maximum atomic E-state index is 13.5. The van der Waals surface area contributed by atoms with Gasteiger partial charge in [-0.15, -0.1) is 0 Å². The summed E-state index contributed by atoms with van der Waals surface area (Å²) in [6.07, 6.45) is 6.95. The minimum Gasteiger partial charge on any atom is -0.508 e. The Labute approximate surface area is 108 Å². The average Bonchev–Trinajstić information content (AvgIpc) is 2.84. The Morgan fingerprint density at radius 1 is 1.19 bits per heavy atom. The number of aromatic hydroxyl groups is 1. The Bertz CT molecular complexity index is 450. The van der Waals surface area contributed by atoms with Crippen LogP contribution in [0.5, 0.6) is 5.75 Å². The Morgan fingerprint density at radius 3 is 2.50 bits per heavy atom. The van der Waals surface area contributed by atoms with Gasteiger partial charge in [0, 0.05) is 6.07 Å². The zero-order valence-electron chi connectivity index (χ0n) is 9.02. The molecule has 1 nitrogen and oxygen atoms in total. The van der Waals surface area contributed by atoms with Crippen LogP contribution in [-0.4, -0.2) is 5.11 Å². The van der Waals surface area contributed by atoms with Crippen molar-refractivity contribution in [3.63, 3.8) is 0 Å². The molecule has 0 heterocycles. The van der Waals surface area contributed by atoms with Gasteiger partial charge in [0.05, 0.1) is 3.57 Å². The summed E-state index contributed by atoms with van der Waals surface area (Å²) in [7, 11) is 0. The predicted molar refractivity (Wildman–Crippen MR) is 69.1 cm³/mol. The van der Waals surface area contributed by atoms with Gasteiger partial charge in [0.15, 0.2) is 0 Å². The molecule has 0 bridgehead atoms. The fourth-order valence-corrected chi connectivity index (χ4v) is 4.05. The fourth-order valence-electron chi connectivity index (χ4n) is 3.37. The second-order valence-corrected chi connectivity index (χ2v) is 6.29. The van der Waals surface area contributed by atoms with E-state index in [1.165, 1.54) is 31.7 Å². The van der Waals surface area contributed by atoms with Gasteiger partial charge in [-0.3, -0.25) is 0 Å². The Hall–Kier alpha value is -0.320. The van der Waals surface area contributed by atoms with Crippen LogP contribution in [0.1, 0.15) is 36.8 Å². The number of fused-ring (bicyclic) bond motifs is 1. The highest BCUT2D eigenvalue weighted by molar-refractivity contribution is 14.1. The summed E-state index contributed by atoms with van der Waals surface area (Å²) in [6.45, 7) is 0. The Balaban J connectivity index is 2.09. The average molecular weight is 332 g/mol. The molecule has 0 aliphatic heterocycles. The van der Waals surface area contributed by atoms with E-state index in [4.69, 9.17) is 0 Å². The van der Waals surface area contributed by atoms with E-state index in [9.17, 15) is 9.50 Å². The summed E-state index contributed by atoms with van der Waals surface area (Å²) in [5.74, 6) is -0.108. The van der Waals surface area contributed by atoms with Gasteiger partial charge in [0.2, 0.25) is 0 Å². The topological polar surface area (TPSA) is 20.2 Å². The van der Waals surface area contributed by atoms with Crippen molar-refractivity contribution in [1.82, 2.24) is 0 Å². The van der Waals surface area contributed by atoms with Gasteiger partial charge in [0.25, 0.3) is 0 Å². The van der Waals surface area contributed by atoms with Crippen LogP contribution >= 0.6 is 22.6 Å². The van der Waals surface area contributed by atoms with Crippen LogP contribution in [0, 0.1) is 14.8 Å². The first-order valence-electron chi connectivity index (χ1n) is 5.80. The molecule has 0 unspecified atom stereocenters. The van der Waals surface area contributed by atoms with Gasteiger partial charge in [0.1, 0.15) is 11.6 Å². The molecular formula is C13H14FIO. The van der Waals surface area contributed by atoms with E-state index in [1.807, 2.05) is 0 Å². The number of hydrogen-bond acceptors (Lipinski definition) is 1. The summed E-state index contributed by atoms with van der Waals surface area (Å²) in [5, 5.41) is 9.84. The van der Waals surface area contributed by atoms with Crippen LogP contribution in [0.4, 0.5) is 4.39 Å². The molecule has 1 aromatic rings. The first-order chi connectivity index (χ1) is 7.61. The summed E-state index contributed by atoms with van der Waals surface area (Å²) in [5.41, 5.74) is 2.42. The Morgan fingerprint density at radius 2 is 1.81 bits per heavy atom. The number of rotatable bonds is 0. The van der Waals surface area contributed by atoms with Crippen molar-refractivity contribution in [1.29, 1.82) is 0 Å². The third kappa shape index (κ3) is 1.47. The zero-order chi connectivity index (χ0) is 11.3. The van der Waals surface area contributed by atoms with Crippen molar-refractivity contribution in [3.05, 3.63) is 26.6 Å². The highest BCUT2D eigenvalue weighted by Gasteiger charge is 2.41. The van der Waals surface area contributed by atoms with Crippen LogP contribution in [0.15, 0.2) is 6.07 Å². The molecule has 1 fully saturated rings. The molecule has 2 aliphatic carbocycles. The standard InChI is InChI=1S/C13H14FIO/c14-10-5-11(16)8-6-13(3-1-2-4-13)7-9(8)12(10)15/h5,16H,1-4,6-7H2. The highest BCUT2D eigenvalue weighted by atomic mass is 127. The number of phenolic OH excluding ortho intramolecular Hbond substituents is 1. The molecule has 1 spiro atoms. The normalized spacial score (nSPS) is 21.6. The summed E-state index contributed by atoms with van der Waals surface area (Å²) < 4.78 is 14.3. The lowest BCUT2D eigenvalue weighted by atomic mass is 9.83. The van der Waals surface area contributed by atoms with Crippen molar-refractivity contribution < 1.29 is 9.50 Å². The first-order valence-corrected chi connectivity index (χ1v) is 6.88. The molecule has 1 aromatic carbocycles. The number of halogens is 2. The molecule has 0 aromatic heterocycles. The molecule has 0 saturated heterocycles. The van der Waals surface area contributed by atoms with Crippen LogP contribution in [0.2, 0.25) is 0 Å². The molecule has 16 heavy (non-hydrogen) atoms. The fraction of sp³-hybridized carbons (Fsp3) is 0.538. The first kappa shape index (κ1) is 10.8. The number of benzene rings is 1. The van der Waals surface area contributed by atoms with E-state index in [0.717, 1.165) is 24.0 Å². The van der Waals surface area contributed by atoms with E-state index in [1.54, 1.807) is 0 Å². The van der Waals surface area contributed by atoms with Gasteiger partial charge in [-0.25, -0.2) is 4.39 Å². The minimum absolute atomic E-state index is 0.164. The van der Waals surface area contributed by atoms with Crippen LogP contribution in [0.3, 0.4) is 0 Å². The molecule has 86 valence electrons. The molecule has 0 amide bonds. The SMILES string of the molecule is Oc1cc(F)c(I)c2c1CC1(CCCC1)C2. The number of phenols is 1.